The number of nitrogens with zero attached hydrogens (tertiary/aromatic N) is 1. The Balaban J connectivity index is 3.65. The maximum Gasteiger partial charge on any atom is 0.0597 e. The molecule has 0 spiro atoms. The van der Waals surface area contributed by atoms with Crippen molar-refractivity contribution in [1.29, 1.82) is 0 Å². The first-order valence-corrected chi connectivity index (χ1v) is 6.15. The molecular formula is C12H28N2O. The molecule has 1 unspecified atom stereocenters. The Labute approximate surface area is 94.9 Å². The van der Waals surface area contributed by atoms with Crippen LogP contribution in [0.1, 0.15) is 40.0 Å². The standard InChI is InChI=1S/C12H28N2O/c1-5-6-7-8-14(4)9-12(10-15)13-11(2)3/h11-13,15H,5-10H2,1-4H3. The van der Waals surface area contributed by atoms with Crippen LogP contribution in [0.15, 0.2) is 0 Å². The molecule has 0 saturated carbocycles. The maximum absolute atomic E-state index is 9.21. The maximum atomic E-state index is 9.21. The van der Waals surface area contributed by atoms with E-state index in [1.807, 2.05) is 0 Å². The van der Waals surface area contributed by atoms with E-state index in [0.29, 0.717) is 6.04 Å². The van der Waals surface area contributed by atoms with Crippen molar-refractivity contribution >= 4 is 0 Å². The number of likely N-dealkylation sites (N-methyl/N-ethyl adjacent to an activating group) is 1. The summed E-state index contributed by atoms with van der Waals surface area (Å²) in [6, 6.07) is 0.641. The van der Waals surface area contributed by atoms with Gasteiger partial charge < -0.3 is 15.3 Å². The summed E-state index contributed by atoms with van der Waals surface area (Å²) in [6.07, 6.45) is 3.82. The Hall–Kier alpha value is -0.120. The van der Waals surface area contributed by atoms with E-state index >= 15 is 0 Å². The van der Waals surface area contributed by atoms with Crippen LogP contribution in [0, 0.1) is 0 Å². The SMILES string of the molecule is CCCCCN(C)CC(CO)NC(C)C. The molecule has 0 aromatic carbocycles. The van der Waals surface area contributed by atoms with Gasteiger partial charge in [-0.2, -0.15) is 0 Å². The molecule has 0 bridgehead atoms. The fraction of sp³-hybridized carbons (Fsp3) is 1.00. The lowest BCUT2D eigenvalue weighted by atomic mass is 10.2. The Kier molecular flexibility index (Phi) is 9.06. The van der Waals surface area contributed by atoms with E-state index in [1.54, 1.807) is 0 Å². The topological polar surface area (TPSA) is 35.5 Å². The van der Waals surface area contributed by atoms with Crippen molar-refractivity contribution in [3.05, 3.63) is 0 Å². The summed E-state index contributed by atoms with van der Waals surface area (Å²) in [5, 5.41) is 12.6. The molecule has 3 nitrogen and oxygen atoms in total. The Bertz CT molecular complexity index is 140. The minimum Gasteiger partial charge on any atom is -0.395 e. The number of rotatable bonds is 9. The number of hydrogen-bond acceptors (Lipinski definition) is 3. The van der Waals surface area contributed by atoms with Crippen LogP contribution in [0.3, 0.4) is 0 Å². The van der Waals surface area contributed by atoms with Crippen molar-refractivity contribution in [2.45, 2.75) is 52.1 Å². The molecule has 1 atom stereocenters. The molecule has 3 heteroatoms. The van der Waals surface area contributed by atoms with Crippen molar-refractivity contribution < 1.29 is 5.11 Å². The molecule has 0 aromatic heterocycles. The fourth-order valence-electron chi connectivity index (χ4n) is 1.73. The third-order valence-electron chi connectivity index (χ3n) is 2.46. The van der Waals surface area contributed by atoms with E-state index < -0.39 is 0 Å². The second-order valence-electron chi connectivity index (χ2n) is 4.67. The Morgan fingerprint density at radius 1 is 1.27 bits per heavy atom. The third-order valence-corrected chi connectivity index (χ3v) is 2.46. The van der Waals surface area contributed by atoms with Crippen LogP contribution in [-0.4, -0.2) is 48.8 Å². The average molecular weight is 216 g/mol. The second-order valence-corrected chi connectivity index (χ2v) is 4.67. The first kappa shape index (κ1) is 14.9. The van der Waals surface area contributed by atoms with Gasteiger partial charge in [0.2, 0.25) is 0 Å². The van der Waals surface area contributed by atoms with Gasteiger partial charge in [0.05, 0.1) is 6.61 Å². The molecule has 0 aliphatic carbocycles. The molecule has 0 amide bonds. The van der Waals surface area contributed by atoms with Crippen LogP contribution >= 0.6 is 0 Å². The summed E-state index contributed by atoms with van der Waals surface area (Å²) in [7, 11) is 2.13. The molecule has 92 valence electrons. The molecule has 2 N–H and O–H groups in total. The Morgan fingerprint density at radius 2 is 1.93 bits per heavy atom. The normalized spacial score (nSPS) is 13.8. The van der Waals surface area contributed by atoms with Crippen molar-refractivity contribution in [2.75, 3.05) is 26.7 Å². The molecule has 0 radical (unpaired) electrons. The minimum absolute atomic E-state index is 0.205. The van der Waals surface area contributed by atoms with Crippen LogP contribution in [0.4, 0.5) is 0 Å². The summed E-state index contributed by atoms with van der Waals surface area (Å²) in [5.74, 6) is 0. The summed E-state index contributed by atoms with van der Waals surface area (Å²) in [4.78, 5) is 2.30. The fourth-order valence-corrected chi connectivity index (χ4v) is 1.73. The van der Waals surface area contributed by atoms with E-state index in [0.717, 1.165) is 13.1 Å². The summed E-state index contributed by atoms with van der Waals surface area (Å²) in [6.45, 7) is 8.72. The molecule has 0 heterocycles. The molecule has 0 aliphatic heterocycles. The van der Waals surface area contributed by atoms with Crippen LogP contribution in [0.2, 0.25) is 0 Å². The van der Waals surface area contributed by atoms with Gasteiger partial charge in [-0.1, -0.05) is 33.6 Å². The smallest absolute Gasteiger partial charge is 0.0597 e. The molecule has 0 aromatic rings. The zero-order chi connectivity index (χ0) is 11.7. The zero-order valence-corrected chi connectivity index (χ0v) is 10.8. The van der Waals surface area contributed by atoms with Gasteiger partial charge in [0.25, 0.3) is 0 Å². The Morgan fingerprint density at radius 3 is 2.40 bits per heavy atom. The van der Waals surface area contributed by atoms with Gasteiger partial charge in [-0.3, -0.25) is 0 Å². The highest BCUT2D eigenvalue weighted by atomic mass is 16.3. The summed E-state index contributed by atoms with van der Waals surface area (Å²) < 4.78 is 0. The lowest BCUT2D eigenvalue weighted by Gasteiger charge is -2.25. The van der Waals surface area contributed by atoms with Crippen LogP contribution < -0.4 is 5.32 Å². The van der Waals surface area contributed by atoms with Crippen molar-refractivity contribution in [2.24, 2.45) is 0 Å². The predicted octanol–water partition coefficient (Wildman–Crippen LogP) is 1.47. The van der Waals surface area contributed by atoms with Crippen LogP contribution in [0.25, 0.3) is 0 Å². The summed E-state index contributed by atoms with van der Waals surface area (Å²) >= 11 is 0. The van der Waals surface area contributed by atoms with Gasteiger partial charge >= 0.3 is 0 Å². The number of aliphatic hydroxyl groups excluding tert-OH is 1. The quantitative estimate of drug-likeness (QED) is 0.573. The van der Waals surface area contributed by atoms with Crippen LogP contribution in [-0.2, 0) is 0 Å². The monoisotopic (exact) mass is 216 g/mol. The molecule has 0 aliphatic rings. The lowest BCUT2D eigenvalue weighted by molar-refractivity contribution is 0.191. The van der Waals surface area contributed by atoms with Gasteiger partial charge in [0, 0.05) is 18.6 Å². The number of unbranched alkanes of at least 4 members (excludes halogenated alkanes) is 2. The highest BCUT2D eigenvalue weighted by Gasteiger charge is 2.10. The van der Waals surface area contributed by atoms with Crippen LogP contribution in [0.5, 0.6) is 0 Å². The second kappa shape index (κ2) is 9.13. The van der Waals surface area contributed by atoms with Crippen molar-refractivity contribution in [1.82, 2.24) is 10.2 Å². The number of aliphatic hydroxyl groups is 1. The molecular weight excluding hydrogens is 188 g/mol. The number of nitrogens with one attached hydrogen (secondary N) is 1. The van der Waals surface area contributed by atoms with Crippen molar-refractivity contribution in [3.8, 4) is 0 Å². The lowest BCUT2D eigenvalue weighted by Crippen LogP contribution is -2.45. The van der Waals surface area contributed by atoms with E-state index in [1.165, 1.54) is 19.3 Å². The van der Waals surface area contributed by atoms with Gasteiger partial charge in [0.15, 0.2) is 0 Å². The summed E-state index contributed by atoms with van der Waals surface area (Å²) in [5.41, 5.74) is 0. The minimum atomic E-state index is 0.205. The average Bonchev–Trinajstić information content (AvgIpc) is 2.16. The molecule has 15 heavy (non-hydrogen) atoms. The highest BCUT2D eigenvalue weighted by Crippen LogP contribution is 1.98. The van der Waals surface area contributed by atoms with E-state index in [2.05, 4.69) is 38.0 Å². The zero-order valence-electron chi connectivity index (χ0n) is 10.8. The van der Waals surface area contributed by atoms with E-state index in [9.17, 15) is 5.11 Å². The molecule has 0 rings (SSSR count). The largest absolute Gasteiger partial charge is 0.395 e. The first-order chi connectivity index (χ1) is 7.10. The highest BCUT2D eigenvalue weighted by molar-refractivity contribution is 4.71. The van der Waals surface area contributed by atoms with E-state index in [-0.39, 0.29) is 12.6 Å². The van der Waals surface area contributed by atoms with Gasteiger partial charge in [-0.15, -0.1) is 0 Å². The van der Waals surface area contributed by atoms with Gasteiger partial charge in [-0.25, -0.2) is 0 Å². The molecule has 0 fully saturated rings. The van der Waals surface area contributed by atoms with E-state index in [4.69, 9.17) is 0 Å². The predicted molar refractivity (Wildman–Crippen MR) is 66.2 cm³/mol. The first-order valence-electron chi connectivity index (χ1n) is 6.15. The van der Waals surface area contributed by atoms with Gasteiger partial charge in [0.1, 0.15) is 0 Å². The molecule has 0 saturated heterocycles. The van der Waals surface area contributed by atoms with Crippen molar-refractivity contribution in [3.63, 3.8) is 0 Å². The van der Waals surface area contributed by atoms with Gasteiger partial charge in [-0.05, 0) is 20.0 Å². The number of hydrogen-bond donors (Lipinski definition) is 2. The third kappa shape index (κ3) is 8.85.